The van der Waals surface area contributed by atoms with Gasteiger partial charge in [-0.1, -0.05) is 13.3 Å². The van der Waals surface area contributed by atoms with Gasteiger partial charge in [0.25, 0.3) is 0 Å². The molecule has 0 aliphatic heterocycles. The van der Waals surface area contributed by atoms with E-state index in [1.54, 1.807) is 0 Å². The van der Waals surface area contributed by atoms with Gasteiger partial charge in [0, 0.05) is 12.6 Å². The number of hydrogen-bond acceptors (Lipinski definition) is 4. The smallest absolute Gasteiger partial charge is 0.238 e. The van der Waals surface area contributed by atoms with Crippen LogP contribution in [0.3, 0.4) is 0 Å². The van der Waals surface area contributed by atoms with Gasteiger partial charge >= 0.3 is 0 Å². The molecule has 0 aliphatic carbocycles. The van der Waals surface area contributed by atoms with Crippen LogP contribution in [0.4, 0.5) is 10.1 Å². The molecule has 18 heavy (non-hydrogen) atoms. The first-order valence-electron chi connectivity index (χ1n) is 5.66. The molecular weight excluding hydrogens is 257 g/mol. The Labute approximate surface area is 106 Å². The van der Waals surface area contributed by atoms with Crippen molar-refractivity contribution in [2.24, 2.45) is 10.9 Å². The highest BCUT2D eigenvalue weighted by molar-refractivity contribution is 7.89. The molecule has 7 heteroatoms. The average molecular weight is 275 g/mol. The van der Waals surface area contributed by atoms with Crippen LogP contribution in [0.2, 0.25) is 0 Å². The summed E-state index contributed by atoms with van der Waals surface area (Å²) in [6.07, 6.45) is 1.79. The molecule has 1 atom stereocenters. The Hall–Kier alpha value is -1.18. The number of hydrogen-bond donors (Lipinski definition) is 3. The predicted octanol–water partition coefficient (Wildman–Crippen LogP) is 1.01. The third-order valence-corrected chi connectivity index (χ3v) is 3.39. The van der Waals surface area contributed by atoms with Crippen LogP contribution in [0.1, 0.15) is 19.8 Å². The van der Waals surface area contributed by atoms with E-state index >= 15 is 0 Å². The summed E-state index contributed by atoms with van der Waals surface area (Å²) >= 11 is 0. The van der Waals surface area contributed by atoms with Crippen molar-refractivity contribution in [1.29, 1.82) is 0 Å². The zero-order valence-electron chi connectivity index (χ0n) is 10.2. The first kappa shape index (κ1) is 14.9. The van der Waals surface area contributed by atoms with Gasteiger partial charge < -0.3 is 11.1 Å². The molecular formula is C11H18FN3O2S. The largest absolute Gasteiger partial charge is 0.381 e. The SMILES string of the molecule is CCCC(N)CNc1ccc(S(N)(=O)=O)cc1F. The summed E-state index contributed by atoms with van der Waals surface area (Å²) in [5, 5.41) is 7.74. The second-order valence-corrected chi connectivity index (χ2v) is 5.68. The van der Waals surface area contributed by atoms with Crippen molar-refractivity contribution in [3.8, 4) is 0 Å². The lowest BCUT2D eigenvalue weighted by Crippen LogP contribution is -2.29. The standard InChI is InChI=1S/C11H18FN3O2S/c1-2-3-8(13)7-15-11-5-4-9(6-10(11)12)18(14,16)17/h4-6,8,15H,2-3,7,13H2,1H3,(H2,14,16,17). The molecule has 0 saturated heterocycles. The van der Waals surface area contributed by atoms with E-state index in [0.717, 1.165) is 18.9 Å². The average Bonchev–Trinajstić information content (AvgIpc) is 2.26. The summed E-state index contributed by atoms with van der Waals surface area (Å²) in [4.78, 5) is -0.247. The van der Waals surface area contributed by atoms with Crippen LogP contribution in [-0.4, -0.2) is 21.0 Å². The maximum absolute atomic E-state index is 13.6. The molecule has 0 aliphatic rings. The minimum Gasteiger partial charge on any atom is -0.381 e. The van der Waals surface area contributed by atoms with Gasteiger partial charge in [-0.15, -0.1) is 0 Å². The highest BCUT2D eigenvalue weighted by atomic mass is 32.2. The van der Waals surface area contributed by atoms with E-state index in [-0.39, 0.29) is 16.6 Å². The van der Waals surface area contributed by atoms with Crippen molar-refractivity contribution in [2.45, 2.75) is 30.7 Å². The number of nitrogens with two attached hydrogens (primary N) is 2. The normalized spacial score (nSPS) is 13.3. The van der Waals surface area contributed by atoms with E-state index in [4.69, 9.17) is 10.9 Å². The van der Waals surface area contributed by atoms with Gasteiger partial charge in [0.1, 0.15) is 5.82 Å². The number of sulfonamides is 1. The van der Waals surface area contributed by atoms with Gasteiger partial charge in [-0.2, -0.15) is 0 Å². The van der Waals surface area contributed by atoms with E-state index < -0.39 is 15.8 Å². The molecule has 5 N–H and O–H groups in total. The molecule has 0 bridgehead atoms. The number of nitrogens with one attached hydrogen (secondary N) is 1. The van der Waals surface area contributed by atoms with Gasteiger partial charge in [-0.25, -0.2) is 17.9 Å². The van der Waals surface area contributed by atoms with E-state index in [1.807, 2.05) is 6.92 Å². The second-order valence-electron chi connectivity index (χ2n) is 4.12. The van der Waals surface area contributed by atoms with Gasteiger partial charge in [0.15, 0.2) is 0 Å². The fraction of sp³-hybridized carbons (Fsp3) is 0.455. The van der Waals surface area contributed by atoms with Crippen molar-refractivity contribution in [1.82, 2.24) is 0 Å². The Morgan fingerprint density at radius 2 is 2.11 bits per heavy atom. The third-order valence-electron chi connectivity index (χ3n) is 2.48. The van der Waals surface area contributed by atoms with E-state index in [1.165, 1.54) is 12.1 Å². The molecule has 102 valence electrons. The van der Waals surface area contributed by atoms with Crippen LogP contribution in [0.15, 0.2) is 23.1 Å². The van der Waals surface area contributed by atoms with Crippen LogP contribution in [0, 0.1) is 5.82 Å². The fourth-order valence-corrected chi connectivity index (χ4v) is 2.06. The van der Waals surface area contributed by atoms with Gasteiger partial charge in [0.05, 0.1) is 10.6 Å². The zero-order chi connectivity index (χ0) is 13.8. The molecule has 0 heterocycles. The molecule has 0 amide bonds. The summed E-state index contributed by atoms with van der Waals surface area (Å²) in [5.41, 5.74) is 6.00. The first-order chi connectivity index (χ1) is 8.34. The lowest BCUT2D eigenvalue weighted by Gasteiger charge is -2.13. The molecule has 1 aromatic rings. The monoisotopic (exact) mass is 275 g/mol. The summed E-state index contributed by atoms with van der Waals surface area (Å²) < 4.78 is 35.6. The molecule has 1 unspecified atom stereocenters. The highest BCUT2D eigenvalue weighted by Crippen LogP contribution is 2.18. The van der Waals surface area contributed by atoms with Crippen LogP contribution in [-0.2, 0) is 10.0 Å². The quantitative estimate of drug-likeness (QED) is 0.721. The topological polar surface area (TPSA) is 98.2 Å². The minimum atomic E-state index is -3.87. The summed E-state index contributed by atoms with van der Waals surface area (Å²) in [6.45, 7) is 2.45. The van der Waals surface area contributed by atoms with Crippen LogP contribution in [0.25, 0.3) is 0 Å². The maximum atomic E-state index is 13.6. The molecule has 0 fully saturated rings. The van der Waals surface area contributed by atoms with Crippen LogP contribution >= 0.6 is 0 Å². The number of halogens is 1. The molecule has 0 spiro atoms. The van der Waals surface area contributed by atoms with Crippen molar-refractivity contribution < 1.29 is 12.8 Å². The Morgan fingerprint density at radius 1 is 1.44 bits per heavy atom. The molecule has 0 saturated carbocycles. The molecule has 0 aromatic heterocycles. The van der Waals surface area contributed by atoms with Crippen molar-refractivity contribution in [3.05, 3.63) is 24.0 Å². The lowest BCUT2D eigenvalue weighted by molar-refractivity contribution is 0.591. The molecule has 1 aromatic carbocycles. The molecule has 0 radical (unpaired) electrons. The summed E-state index contributed by atoms with van der Waals surface area (Å²) in [7, 11) is -3.87. The number of rotatable bonds is 6. The van der Waals surface area contributed by atoms with E-state index in [2.05, 4.69) is 5.32 Å². The van der Waals surface area contributed by atoms with Crippen molar-refractivity contribution >= 4 is 15.7 Å². The van der Waals surface area contributed by atoms with Gasteiger partial charge in [0.2, 0.25) is 10.0 Å². The Kier molecular flexibility index (Phi) is 5.06. The number of primary sulfonamides is 1. The fourth-order valence-electron chi connectivity index (χ4n) is 1.53. The first-order valence-corrected chi connectivity index (χ1v) is 7.21. The zero-order valence-corrected chi connectivity index (χ0v) is 11.0. The van der Waals surface area contributed by atoms with E-state index in [9.17, 15) is 12.8 Å². The minimum absolute atomic E-state index is 0.0627. The highest BCUT2D eigenvalue weighted by Gasteiger charge is 2.11. The van der Waals surface area contributed by atoms with Gasteiger partial charge in [-0.3, -0.25) is 0 Å². The molecule has 1 rings (SSSR count). The summed E-state index contributed by atoms with van der Waals surface area (Å²) in [5.74, 6) is -0.662. The third kappa shape index (κ3) is 4.25. The second kappa shape index (κ2) is 6.12. The van der Waals surface area contributed by atoms with Crippen molar-refractivity contribution in [3.63, 3.8) is 0 Å². The Balaban J connectivity index is 2.75. The van der Waals surface area contributed by atoms with E-state index in [0.29, 0.717) is 6.54 Å². The van der Waals surface area contributed by atoms with Gasteiger partial charge in [-0.05, 0) is 24.6 Å². The molecule has 5 nitrogen and oxygen atoms in total. The van der Waals surface area contributed by atoms with Crippen LogP contribution < -0.4 is 16.2 Å². The maximum Gasteiger partial charge on any atom is 0.238 e. The predicted molar refractivity (Wildman–Crippen MR) is 69.1 cm³/mol. The number of anilines is 1. The van der Waals surface area contributed by atoms with Crippen LogP contribution in [0.5, 0.6) is 0 Å². The van der Waals surface area contributed by atoms with Crippen molar-refractivity contribution in [2.75, 3.05) is 11.9 Å². The Bertz CT molecular complexity index is 505. The number of benzene rings is 1. The Morgan fingerprint density at radius 3 is 2.61 bits per heavy atom. The lowest BCUT2D eigenvalue weighted by atomic mass is 10.2. The summed E-state index contributed by atoms with van der Waals surface area (Å²) in [6, 6.07) is 3.43.